The van der Waals surface area contributed by atoms with Crippen molar-refractivity contribution in [3.05, 3.63) is 17.5 Å². The van der Waals surface area contributed by atoms with Gasteiger partial charge in [-0.25, -0.2) is 4.98 Å². The molecule has 27 heavy (non-hydrogen) atoms. The van der Waals surface area contributed by atoms with Crippen LogP contribution in [0.2, 0.25) is 0 Å². The van der Waals surface area contributed by atoms with Crippen LogP contribution in [0, 0.1) is 12.3 Å². The molecule has 0 aromatic carbocycles. The summed E-state index contributed by atoms with van der Waals surface area (Å²) in [5.41, 5.74) is -1.13. The summed E-state index contributed by atoms with van der Waals surface area (Å²) in [6, 6.07) is 0. The number of carboxylic acid groups (broad SMARTS) is 1. The summed E-state index contributed by atoms with van der Waals surface area (Å²) in [6.07, 6.45) is -4.10. The lowest BCUT2D eigenvalue weighted by atomic mass is 9.82. The molecule has 148 valence electrons. The minimum absolute atomic E-state index is 0.0864. The van der Waals surface area contributed by atoms with E-state index >= 15 is 0 Å². The van der Waals surface area contributed by atoms with E-state index in [4.69, 9.17) is 0 Å². The average molecular weight is 389 g/mol. The number of hydrogen-bond donors (Lipinski definition) is 3. The van der Waals surface area contributed by atoms with Gasteiger partial charge in [0.05, 0.1) is 5.41 Å². The highest BCUT2D eigenvalue weighted by molar-refractivity contribution is 5.90. The highest BCUT2D eigenvalue weighted by atomic mass is 19.4. The number of H-pyrrole nitrogens is 1. The molecule has 0 aliphatic rings. The van der Waals surface area contributed by atoms with Gasteiger partial charge in [-0.15, -0.1) is 10.2 Å². The molecule has 0 unspecified atom stereocenters. The molecule has 1 amide bonds. The monoisotopic (exact) mass is 389 g/mol. The predicted octanol–water partition coefficient (Wildman–Crippen LogP) is 1.33. The van der Waals surface area contributed by atoms with Gasteiger partial charge in [0.25, 0.3) is 11.9 Å². The lowest BCUT2D eigenvalue weighted by Gasteiger charge is -2.26. The van der Waals surface area contributed by atoms with E-state index in [-0.39, 0.29) is 18.2 Å². The lowest BCUT2D eigenvalue weighted by Crippen LogP contribution is -2.42. The number of amides is 1. The molecule has 0 fully saturated rings. The lowest BCUT2D eigenvalue weighted by molar-refractivity contribution is -0.149. The molecule has 3 N–H and O–H groups in total. The number of hydrogen-bond acceptors (Lipinski definition) is 6. The number of nitrogens with zero attached hydrogens (tertiary/aromatic N) is 5. The predicted molar refractivity (Wildman–Crippen MR) is 84.0 cm³/mol. The Bertz CT molecular complexity index is 839. The molecule has 0 saturated carbocycles. The Morgan fingerprint density at radius 2 is 1.85 bits per heavy atom. The van der Waals surface area contributed by atoms with Crippen molar-refractivity contribution in [2.24, 2.45) is 5.41 Å². The highest BCUT2D eigenvalue weighted by Crippen LogP contribution is 2.27. The Morgan fingerprint density at radius 1 is 1.22 bits per heavy atom. The Morgan fingerprint density at radius 3 is 2.33 bits per heavy atom. The number of aryl methyl sites for hydroxylation is 1. The number of aromatic nitrogens is 6. The number of halogens is 3. The van der Waals surface area contributed by atoms with Gasteiger partial charge in [-0.1, -0.05) is 13.8 Å². The molecule has 0 atom stereocenters. The van der Waals surface area contributed by atoms with Crippen molar-refractivity contribution >= 4 is 11.9 Å². The number of aromatic amines is 1. The van der Waals surface area contributed by atoms with Crippen LogP contribution in [-0.4, -0.2) is 53.5 Å². The number of alkyl halides is 3. The summed E-state index contributed by atoms with van der Waals surface area (Å²) in [4.78, 5) is 30.8. The normalized spacial score (nSPS) is 12.2. The van der Waals surface area contributed by atoms with Gasteiger partial charge in [0.2, 0.25) is 11.6 Å². The fraction of sp³-hybridized carbons (Fsp3) is 0.571. The van der Waals surface area contributed by atoms with Crippen molar-refractivity contribution in [1.29, 1.82) is 0 Å². The zero-order chi connectivity index (χ0) is 20.4. The van der Waals surface area contributed by atoms with E-state index in [0.717, 1.165) is 4.68 Å². The molecule has 0 spiro atoms. The van der Waals surface area contributed by atoms with E-state index in [1.54, 1.807) is 18.9 Å². The third kappa shape index (κ3) is 4.06. The number of nitrogens with one attached hydrogen (secondary N) is 2. The maximum atomic E-state index is 12.6. The third-order valence-electron chi connectivity index (χ3n) is 4.30. The SMILES string of the molecule is CCC(CC)(CNC(=O)c1nc(C)n(-c2n[nH]c(C(F)(F)F)n2)n1)C(=O)O. The number of carbonyl (C=O) groups excluding carboxylic acids is 1. The van der Waals surface area contributed by atoms with E-state index in [1.807, 2.05) is 0 Å². The molecular weight excluding hydrogens is 371 g/mol. The van der Waals surface area contributed by atoms with E-state index in [2.05, 4.69) is 25.5 Å². The molecule has 0 aliphatic carbocycles. The molecule has 0 radical (unpaired) electrons. The van der Waals surface area contributed by atoms with Gasteiger partial charge in [0, 0.05) is 6.54 Å². The standard InChI is InChI=1S/C14H18F3N7O3/c1-4-13(5-2,11(26)27)6-18-9(25)8-19-7(3)24(23-8)12-20-10(21-22-12)14(15,16)17/h4-6H2,1-3H3,(H,18,25)(H,26,27)(H,20,21,22). The van der Waals surface area contributed by atoms with Crippen LogP contribution in [0.5, 0.6) is 0 Å². The molecule has 2 rings (SSSR count). The summed E-state index contributed by atoms with van der Waals surface area (Å²) < 4.78 is 38.7. The van der Waals surface area contributed by atoms with Crippen molar-refractivity contribution in [2.45, 2.75) is 39.8 Å². The molecule has 10 nitrogen and oxygen atoms in total. The van der Waals surface area contributed by atoms with Crippen LogP contribution in [0.25, 0.3) is 5.95 Å². The summed E-state index contributed by atoms with van der Waals surface area (Å²) in [6.45, 7) is 4.67. The van der Waals surface area contributed by atoms with E-state index < -0.39 is 35.2 Å². The van der Waals surface area contributed by atoms with Crippen LogP contribution in [0.3, 0.4) is 0 Å². The van der Waals surface area contributed by atoms with Crippen LogP contribution in [0.15, 0.2) is 0 Å². The number of rotatable bonds is 7. The van der Waals surface area contributed by atoms with Crippen LogP contribution < -0.4 is 5.32 Å². The van der Waals surface area contributed by atoms with Crippen molar-refractivity contribution in [3.8, 4) is 5.95 Å². The molecule has 0 saturated heterocycles. The quantitative estimate of drug-likeness (QED) is 0.649. The Hall–Kier alpha value is -2.99. The summed E-state index contributed by atoms with van der Waals surface area (Å²) in [7, 11) is 0. The zero-order valence-corrected chi connectivity index (χ0v) is 14.8. The van der Waals surface area contributed by atoms with Crippen LogP contribution in [0.1, 0.15) is 49.0 Å². The fourth-order valence-electron chi connectivity index (χ4n) is 2.36. The van der Waals surface area contributed by atoms with Crippen LogP contribution in [0.4, 0.5) is 13.2 Å². The molecular formula is C14H18F3N7O3. The number of carbonyl (C=O) groups is 2. The zero-order valence-electron chi connectivity index (χ0n) is 14.8. The van der Waals surface area contributed by atoms with Crippen molar-refractivity contribution in [3.63, 3.8) is 0 Å². The van der Waals surface area contributed by atoms with Gasteiger partial charge in [-0.05, 0) is 19.8 Å². The van der Waals surface area contributed by atoms with Gasteiger partial charge in [0.15, 0.2) is 0 Å². The number of carboxylic acids is 1. The van der Waals surface area contributed by atoms with Crippen LogP contribution in [-0.2, 0) is 11.0 Å². The Balaban J connectivity index is 2.19. The fourth-order valence-corrected chi connectivity index (χ4v) is 2.36. The summed E-state index contributed by atoms with van der Waals surface area (Å²) in [5.74, 6) is -3.77. The van der Waals surface area contributed by atoms with Crippen molar-refractivity contribution in [1.82, 2.24) is 35.3 Å². The van der Waals surface area contributed by atoms with Gasteiger partial charge in [-0.2, -0.15) is 22.8 Å². The van der Waals surface area contributed by atoms with E-state index in [9.17, 15) is 27.9 Å². The molecule has 2 aromatic heterocycles. The second kappa shape index (κ2) is 7.32. The Kier molecular flexibility index (Phi) is 5.51. The van der Waals surface area contributed by atoms with E-state index in [0.29, 0.717) is 12.8 Å². The van der Waals surface area contributed by atoms with Crippen molar-refractivity contribution < 1.29 is 27.9 Å². The maximum Gasteiger partial charge on any atom is 0.451 e. The second-order valence-electron chi connectivity index (χ2n) is 5.85. The minimum Gasteiger partial charge on any atom is -0.481 e. The highest BCUT2D eigenvalue weighted by Gasteiger charge is 2.37. The molecule has 2 heterocycles. The van der Waals surface area contributed by atoms with Crippen LogP contribution >= 0.6 is 0 Å². The first kappa shape index (κ1) is 20.3. The maximum absolute atomic E-state index is 12.6. The minimum atomic E-state index is -4.71. The molecule has 2 aromatic rings. The van der Waals surface area contributed by atoms with Gasteiger partial charge in [0.1, 0.15) is 5.82 Å². The third-order valence-corrected chi connectivity index (χ3v) is 4.30. The van der Waals surface area contributed by atoms with Gasteiger partial charge >= 0.3 is 12.1 Å². The first-order valence-corrected chi connectivity index (χ1v) is 7.99. The summed E-state index contributed by atoms with van der Waals surface area (Å²) >= 11 is 0. The largest absolute Gasteiger partial charge is 0.481 e. The molecule has 0 bridgehead atoms. The molecule has 0 aliphatic heterocycles. The smallest absolute Gasteiger partial charge is 0.451 e. The first-order valence-electron chi connectivity index (χ1n) is 7.99. The molecule has 13 heteroatoms. The van der Waals surface area contributed by atoms with Gasteiger partial charge in [-0.3, -0.25) is 14.7 Å². The Labute approximate surface area is 151 Å². The topological polar surface area (TPSA) is 139 Å². The summed E-state index contributed by atoms with van der Waals surface area (Å²) in [5, 5.41) is 20.8. The average Bonchev–Trinajstić information content (AvgIpc) is 3.22. The van der Waals surface area contributed by atoms with Crippen molar-refractivity contribution in [2.75, 3.05) is 6.54 Å². The number of aliphatic carboxylic acids is 1. The first-order chi connectivity index (χ1) is 12.5. The van der Waals surface area contributed by atoms with E-state index in [1.165, 1.54) is 6.92 Å². The second-order valence-corrected chi connectivity index (χ2v) is 5.85. The van der Waals surface area contributed by atoms with Gasteiger partial charge < -0.3 is 10.4 Å².